The molecule has 0 bridgehead atoms. The first-order valence-electron chi connectivity index (χ1n) is 6.66. The van der Waals surface area contributed by atoms with Crippen LogP contribution in [0.1, 0.15) is 39.2 Å². The van der Waals surface area contributed by atoms with Crippen LogP contribution < -0.4 is 0 Å². The summed E-state index contributed by atoms with van der Waals surface area (Å²) in [5.74, 6) is 0. The number of hydrogen-bond acceptors (Lipinski definition) is 2. The zero-order valence-electron chi connectivity index (χ0n) is 11.3. The second kappa shape index (κ2) is 6.77. The largest absolute Gasteiger partial charge is 0.385 e. The average molecular weight is 235 g/mol. The molecule has 1 aromatic rings. The van der Waals surface area contributed by atoms with Crippen molar-refractivity contribution in [3.63, 3.8) is 0 Å². The molecule has 2 nitrogen and oxygen atoms in total. The molecule has 0 radical (unpaired) electrons. The van der Waals surface area contributed by atoms with Crippen molar-refractivity contribution in [3.8, 4) is 0 Å². The van der Waals surface area contributed by atoms with Crippen LogP contribution in [0.5, 0.6) is 0 Å². The molecule has 0 fully saturated rings. The maximum absolute atomic E-state index is 10.7. The Hall–Kier alpha value is -0.860. The van der Waals surface area contributed by atoms with E-state index in [4.69, 9.17) is 0 Å². The Bertz CT molecular complexity index is 308. The molecule has 0 amide bonds. The topological polar surface area (TPSA) is 23.5 Å². The Morgan fingerprint density at radius 2 is 1.65 bits per heavy atom. The Labute approximate surface area is 105 Å². The van der Waals surface area contributed by atoms with Crippen molar-refractivity contribution in [3.05, 3.63) is 35.9 Å². The van der Waals surface area contributed by atoms with Crippen molar-refractivity contribution in [1.82, 2.24) is 4.90 Å². The van der Waals surface area contributed by atoms with E-state index < -0.39 is 5.60 Å². The molecule has 0 saturated carbocycles. The highest BCUT2D eigenvalue weighted by Crippen LogP contribution is 2.28. The molecule has 0 spiro atoms. The van der Waals surface area contributed by atoms with Crippen molar-refractivity contribution in [2.24, 2.45) is 0 Å². The molecule has 0 aliphatic rings. The summed E-state index contributed by atoms with van der Waals surface area (Å²) in [4.78, 5) is 2.35. The summed E-state index contributed by atoms with van der Waals surface area (Å²) in [5, 5.41) is 10.7. The van der Waals surface area contributed by atoms with Crippen LogP contribution >= 0.6 is 0 Å². The van der Waals surface area contributed by atoms with Crippen molar-refractivity contribution in [2.45, 2.75) is 39.2 Å². The lowest BCUT2D eigenvalue weighted by Crippen LogP contribution is -2.33. The molecule has 1 unspecified atom stereocenters. The number of aliphatic hydroxyl groups is 1. The Kier molecular flexibility index (Phi) is 5.66. The third-order valence-corrected chi connectivity index (χ3v) is 3.63. The van der Waals surface area contributed by atoms with Gasteiger partial charge in [0.1, 0.15) is 0 Å². The molecule has 0 heterocycles. The predicted molar refractivity (Wildman–Crippen MR) is 73.0 cm³/mol. The molecule has 1 rings (SSSR count). The Morgan fingerprint density at radius 1 is 1.06 bits per heavy atom. The Balaban J connectivity index is 2.69. The molecule has 1 aromatic carbocycles. The smallest absolute Gasteiger partial charge is 0.0906 e. The molecule has 96 valence electrons. The second-order valence-corrected chi connectivity index (χ2v) is 4.53. The van der Waals surface area contributed by atoms with Gasteiger partial charge in [-0.2, -0.15) is 0 Å². The lowest BCUT2D eigenvalue weighted by Gasteiger charge is -2.30. The Morgan fingerprint density at radius 3 is 2.12 bits per heavy atom. The van der Waals surface area contributed by atoms with Crippen molar-refractivity contribution in [1.29, 1.82) is 0 Å². The summed E-state index contributed by atoms with van der Waals surface area (Å²) in [6.07, 6.45) is 1.56. The normalized spacial score (nSPS) is 14.9. The van der Waals surface area contributed by atoms with Gasteiger partial charge in [0.15, 0.2) is 0 Å². The molecule has 2 heteroatoms. The van der Waals surface area contributed by atoms with E-state index in [2.05, 4.69) is 25.7 Å². The van der Waals surface area contributed by atoms with Gasteiger partial charge in [-0.15, -0.1) is 0 Å². The lowest BCUT2D eigenvalue weighted by atomic mass is 9.88. The van der Waals surface area contributed by atoms with Crippen LogP contribution in [0.2, 0.25) is 0 Å². The van der Waals surface area contributed by atoms with Crippen LogP contribution in [-0.4, -0.2) is 29.6 Å². The van der Waals surface area contributed by atoms with Crippen LogP contribution in [-0.2, 0) is 5.60 Å². The minimum absolute atomic E-state index is 0.677. The molecule has 0 aliphatic heterocycles. The van der Waals surface area contributed by atoms with Crippen molar-refractivity contribution in [2.75, 3.05) is 19.6 Å². The molecule has 0 aliphatic carbocycles. The fourth-order valence-electron chi connectivity index (χ4n) is 2.16. The van der Waals surface area contributed by atoms with Gasteiger partial charge in [-0.3, -0.25) is 0 Å². The van der Waals surface area contributed by atoms with E-state index in [0.29, 0.717) is 0 Å². The predicted octanol–water partition coefficient (Wildman–Crippen LogP) is 3.02. The van der Waals surface area contributed by atoms with Crippen LogP contribution in [0.15, 0.2) is 30.3 Å². The fourth-order valence-corrected chi connectivity index (χ4v) is 2.16. The second-order valence-electron chi connectivity index (χ2n) is 4.53. The summed E-state index contributed by atoms with van der Waals surface area (Å²) in [7, 11) is 0. The van der Waals surface area contributed by atoms with Crippen LogP contribution in [0.3, 0.4) is 0 Å². The van der Waals surface area contributed by atoms with E-state index in [0.717, 1.165) is 38.0 Å². The highest BCUT2D eigenvalue weighted by molar-refractivity contribution is 5.22. The van der Waals surface area contributed by atoms with Gasteiger partial charge in [-0.25, -0.2) is 0 Å². The minimum atomic E-state index is -0.677. The van der Waals surface area contributed by atoms with Gasteiger partial charge in [0.25, 0.3) is 0 Å². The van der Waals surface area contributed by atoms with Gasteiger partial charge in [-0.05, 0) is 31.5 Å². The van der Waals surface area contributed by atoms with E-state index in [9.17, 15) is 5.11 Å². The summed E-state index contributed by atoms with van der Waals surface area (Å²) >= 11 is 0. The standard InChI is InChI=1S/C15H25NO/c1-4-15(17,12-13-16(5-2)6-3)14-10-8-7-9-11-14/h7-11,17H,4-6,12-13H2,1-3H3. The number of benzene rings is 1. The number of rotatable bonds is 7. The molecule has 0 aromatic heterocycles. The maximum Gasteiger partial charge on any atom is 0.0906 e. The first-order chi connectivity index (χ1) is 8.16. The van der Waals surface area contributed by atoms with Gasteiger partial charge in [-0.1, -0.05) is 51.1 Å². The summed E-state index contributed by atoms with van der Waals surface area (Å²) < 4.78 is 0. The van der Waals surface area contributed by atoms with Crippen LogP contribution in [0.25, 0.3) is 0 Å². The number of hydrogen-bond donors (Lipinski definition) is 1. The van der Waals surface area contributed by atoms with E-state index in [1.807, 2.05) is 30.3 Å². The lowest BCUT2D eigenvalue weighted by molar-refractivity contribution is 0.0141. The third-order valence-electron chi connectivity index (χ3n) is 3.63. The van der Waals surface area contributed by atoms with E-state index in [1.165, 1.54) is 0 Å². The number of nitrogens with zero attached hydrogens (tertiary/aromatic N) is 1. The summed E-state index contributed by atoms with van der Waals surface area (Å²) in [6, 6.07) is 10.0. The van der Waals surface area contributed by atoms with Gasteiger partial charge in [0.05, 0.1) is 5.60 Å². The SMILES string of the molecule is CCN(CC)CCC(O)(CC)c1ccccc1. The summed E-state index contributed by atoms with van der Waals surface area (Å²) in [6.45, 7) is 9.42. The third kappa shape index (κ3) is 3.83. The van der Waals surface area contributed by atoms with Gasteiger partial charge in [0, 0.05) is 6.54 Å². The first kappa shape index (κ1) is 14.2. The van der Waals surface area contributed by atoms with Gasteiger partial charge in [0.2, 0.25) is 0 Å². The highest BCUT2D eigenvalue weighted by Gasteiger charge is 2.26. The minimum Gasteiger partial charge on any atom is -0.385 e. The molecule has 1 N–H and O–H groups in total. The quantitative estimate of drug-likeness (QED) is 0.785. The zero-order chi connectivity index (χ0) is 12.7. The molecule has 1 atom stereocenters. The maximum atomic E-state index is 10.7. The fraction of sp³-hybridized carbons (Fsp3) is 0.600. The van der Waals surface area contributed by atoms with E-state index in [1.54, 1.807) is 0 Å². The molecule has 0 saturated heterocycles. The van der Waals surface area contributed by atoms with Crippen molar-refractivity contribution < 1.29 is 5.11 Å². The van der Waals surface area contributed by atoms with Gasteiger partial charge < -0.3 is 10.0 Å². The van der Waals surface area contributed by atoms with Crippen LogP contribution in [0.4, 0.5) is 0 Å². The first-order valence-corrected chi connectivity index (χ1v) is 6.66. The molecular formula is C15H25NO. The van der Waals surface area contributed by atoms with Gasteiger partial charge >= 0.3 is 0 Å². The molecule has 17 heavy (non-hydrogen) atoms. The van der Waals surface area contributed by atoms with E-state index >= 15 is 0 Å². The zero-order valence-corrected chi connectivity index (χ0v) is 11.3. The monoisotopic (exact) mass is 235 g/mol. The summed E-state index contributed by atoms with van der Waals surface area (Å²) in [5.41, 5.74) is 0.360. The average Bonchev–Trinajstić information content (AvgIpc) is 2.40. The van der Waals surface area contributed by atoms with E-state index in [-0.39, 0.29) is 0 Å². The van der Waals surface area contributed by atoms with Crippen LogP contribution in [0, 0.1) is 0 Å². The molecular weight excluding hydrogens is 210 g/mol. The van der Waals surface area contributed by atoms with Crippen molar-refractivity contribution >= 4 is 0 Å². The highest BCUT2D eigenvalue weighted by atomic mass is 16.3.